The van der Waals surface area contributed by atoms with Gasteiger partial charge in [0, 0.05) is 18.0 Å². The minimum absolute atomic E-state index is 0.0799. The van der Waals surface area contributed by atoms with Gasteiger partial charge in [0.25, 0.3) is 10.2 Å². The molecule has 1 saturated carbocycles. The number of hydrogen-bond acceptors (Lipinski definition) is 3. The van der Waals surface area contributed by atoms with Gasteiger partial charge in [-0.05, 0) is 66.1 Å². The smallest absolute Gasteiger partial charge is 0.394 e. The number of halogens is 6. The van der Waals surface area contributed by atoms with E-state index in [2.05, 4.69) is 9.71 Å². The third-order valence-electron chi connectivity index (χ3n) is 6.08. The van der Waals surface area contributed by atoms with Crippen molar-refractivity contribution in [3.8, 4) is 11.3 Å². The van der Waals surface area contributed by atoms with E-state index < -0.39 is 46.5 Å². The monoisotopic (exact) mass is 521 g/mol. The van der Waals surface area contributed by atoms with Crippen LogP contribution >= 0.6 is 0 Å². The third-order valence-corrected chi connectivity index (χ3v) is 7.22. The number of aliphatic hydroxyl groups excluding tert-OH is 1. The molecular weight excluding hydrogens is 500 g/mol. The number of benzene rings is 2. The van der Waals surface area contributed by atoms with Crippen molar-refractivity contribution >= 4 is 21.1 Å². The zero-order valence-corrected chi connectivity index (χ0v) is 18.8. The van der Waals surface area contributed by atoms with Gasteiger partial charge < -0.3 is 10.1 Å². The Morgan fingerprint density at radius 1 is 1.06 bits per heavy atom. The number of aromatic nitrogens is 1. The number of aromatic amines is 1. The topological polar surface area (TPSA) is 94.2 Å². The molecule has 0 bridgehead atoms. The maximum absolute atomic E-state index is 14.4. The van der Waals surface area contributed by atoms with Crippen LogP contribution in [0.3, 0.4) is 0 Å². The molecular formula is C22H21F6N3O3S. The summed E-state index contributed by atoms with van der Waals surface area (Å²) >= 11 is 0. The average Bonchev–Trinajstić information content (AvgIpc) is 3.10. The first-order chi connectivity index (χ1) is 16.4. The summed E-state index contributed by atoms with van der Waals surface area (Å²) < 4.78 is 107. The maximum Gasteiger partial charge on any atom is 0.407 e. The summed E-state index contributed by atoms with van der Waals surface area (Å²) in [5.41, 5.74) is 1.70. The van der Waals surface area contributed by atoms with Gasteiger partial charge in [0.15, 0.2) is 0 Å². The van der Waals surface area contributed by atoms with Crippen molar-refractivity contribution in [1.29, 1.82) is 0 Å². The molecule has 3 aromatic rings. The van der Waals surface area contributed by atoms with Crippen molar-refractivity contribution in [3.05, 3.63) is 59.4 Å². The zero-order chi connectivity index (χ0) is 25.5. The first-order valence-corrected chi connectivity index (χ1v) is 12.1. The van der Waals surface area contributed by atoms with Crippen molar-refractivity contribution in [2.24, 2.45) is 5.92 Å². The van der Waals surface area contributed by atoms with Crippen LogP contribution in [0.25, 0.3) is 22.2 Å². The summed E-state index contributed by atoms with van der Waals surface area (Å²) in [5, 5.41) is 9.12. The summed E-state index contributed by atoms with van der Waals surface area (Å²) in [4.78, 5) is 2.94. The molecule has 2 aromatic carbocycles. The minimum Gasteiger partial charge on any atom is -0.394 e. The van der Waals surface area contributed by atoms with Gasteiger partial charge in [0.1, 0.15) is 23.5 Å². The summed E-state index contributed by atoms with van der Waals surface area (Å²) in [6, 6.07) is 4.73. The Bertz CT molecular complexity index is 1320. The standard InChI is InChI=1S/C22H21F6N3O3S/c23-14-3-1-12(2-4-14)20-19(16-7-15(24)8-17(25)21(16)30-20)13-5-11(6-13)9-29-35(33,34)31-18(10-32)22(26,27)28/h1-4,7-8,11,13,18,29-32H,5-6,9-10H2/t11-,13-,18?. The molecule has 1 unspecified atom stereocenters. The molecule has 1 heterocycles. The molecule has 0 radical (unpaired) electrons. The van der Waals surface area contributed by atoms with Crippen LogP contribution in [0.15, 0.2) is 36.4 Å². The fourth-order valence-electron chi connectivity index (χ4n) is 4.31. The van der Waals surface area contributed by atoms with Crippen molar-refractivity contribution < 1.29 is 39.9 Å². The van der Waals surface area contributed by atoms with E-state index in [0.29, 0.717) is 35.0 Å². The molecule has 1 aromatic heterocycles. The highest BCUT2D eigenvalue weighted by Gasteiger charge is 2.42. The molecule has 1 fully saturated rings. The average molecular weight is 521 g/mol. The second-order valence-electron chi connectivity index (χ2n) is 8.51. The Hall–Kier alpha value is -2.61. The second kappa shape index (κ2) is 9.45. The normalized spacial score (nSPS) is 19.6. The predicted octanol–water partition coefficient (Wildman–Crippen LogP) is 4.09. The van der Waals surface area contributed by atoms with Gasteiger partial charge in [-0.25, -0.2) is 17.9 Å². The van der Waals surface area contributed by atoms with Crippen LogP contribution in [0.5, 0.6) is 0 Å². The van der Waals surface area contributed by atoms with Crippen LogP contribution in [0.4, 0.5) is 26.3 Å². The molecule has 0 saturated heterocycles. The number of alkyl halides is 3. The van der Waals surface area contributed by atoms with E-state index >= 15 is 0 Å². The fraction of sp³-hybridized carbons (Fsp3) is 0.364. The van der Waals surface area contributed by atoms with Crippen LogP contribution < -0.4 is 9.44 Å². The van der Waals surface area contributed by atoms with Gasteiger partial charge in [-0.2, -0.15) is 26.3 Å². The van der Waals surface area contributed by atoms with E-state index in [-0.39, 0.29) is 23.9 Å². The lowest BCUT2D eigenvalue weighted by atomic mass is 9.70. The summed E-state index contributed by atoms with van der Waals surface area (Å²) in [6.45, 7) is -1.62. The Kier molecular flexibility index (Phi) is 6.88. The quantitative estimate of drug-likeness (QED) is 0.337. The lowest BCUT2D eigenvalue weighted by Crippen LogP contribution is -2.52. The Labute approximate surface area is 196 Å². The number of fused-ring (bicyclic) bond motifs is 1. The fourth-order valence-corrected chi connectivity index (χ4v) is 5.43. The highest BCUT2D eigenvalue weighted by atomic mass is 32.2. The van der Waals surface area contributed by atoms with Crippen molar-refractivity contribution in [1.82, 2.24) is 14.4 Å². The number of rotatable bonds is 8. The van der Waals surface area contributed by atoms with Crippen LogP contribution in [0, 0.1) is 23.4 Å². The molecule has 190 valence electrons. The molecule has 6 nitrogen and oxygen atoms in total. The van der Waals surface area contributed by atoms with Gasteiger partial charge >= 0.3 is 6.18 Å². The van der Waals surface area contributed by atoms with Gasteiger partial charge in [-0.1, -0.05) is 0 Å². The molecule has 4 N–H and O–H groups in total. The van der Waals surface area contributed by atoms with E-state index in [1.54, 1.807) is 0 Å². The SMILES string of the molecule is O=S(=O)(NC[C@H]1C[C@H](c2c(-c3ccc(F)cc3)[nH]c3c(F)cc(F)cc32)C1)NC(CO)C(F)(F)F. The number of aliphatic hydroxyl groups is 1. The molecule has 35 heavy (non-hydrogen) atoms. The van der Waals surface area contributed by atoms with E-state index in [4.69, 9.17) is 5.11 Å². The largest absolute Gasteiger partial charge is 0.407 e. The number of H-pyrrole nitrogens is 1. The van der Waals surface area contributed by atoms with Gasteiger partial charge in [0.2, 0.25) is 0 Å². The predicted molar refractivity (Wildman–Crippen MR) is 116 cm³/mol. The summed E-state index contributed by atoms with van der Waals surface area (Å²) in [7, 11) is -4.54. The molecule has 0 amide bonds. The molecule has 1 aliphatic rings. The van der Waals surface area contributed by atoms with Gasteiger partial charge in [-0.15, -0.1) is 0 Å². The van der Waals surface area contributed by atoms with Gasteiger partial charge in [-0.3, -0.25) is 0 Å². The van der Waals surface area contributed by atoms with Crippen molar-refractivity contribution in [2.45, 2.75) is 31.0 Å². The minimum atomic E-state index is -4.96. The molecule has 1 aliphatic carbocycles. The summed E-state index contributed by atoms with van der Waals surface area (Å²) in [5.74, 6) is -2.53. The lowest BCUT2D eigenvalue weighted by molar-refractivity contribution is -0.159. The Balaban J connectivity index is 1.52. The first kappa shape index (κ1) is 25.5. The maximum atomic E-state index is 14.4. The van der Waals surface area contributed by atoms with Crippen LogP contribution in [0.2, 0.25) is 0 Å². The van der Waals surface area contributed by atoms with E-state index in [1.807, 2.05) is 0 Å². The van der Waals surface area contributed by atoms with Crippen LogP contribution in [0.1, 0.15) is 24.3 Å². The van der Waals surface area contributed by atoms with E-state index in [9.17, 15) is 34.8 Å². The van der Waals surface area contributed by atoms with Crippen LogP contribution in [-0.2, 0) is 10.2 Å². The zero-order valence-electron chi connectivity index (χ0n) is 18.0. The molecule has 0 spiro atoms. The van der Waals surface area contributed by atoms with E-state index in [1.165, 1.54) is 35.1 Å². The van der Waals surface area contributed by atoms with Crippen molar-refractivity contribution in [2.75, 3.05) is 13.2 Å². The lowest BCUT2D eigenvalue weighted by Gasteiger charge is -2.36. The summed E-state index contributed by atoms with van der Waals surface area (Å²) in [6.07, 6.45) is -4.17. The first-order valence-electron chi connectivity index (χ1n) is 10.6. The third kappa shape index (κ3) is 5.47. The Morgan fingerprint density at radius 3 is 2.31 bits per heavy atom. The molecule has 4 rings (SSSR count). The Morgan fingerprint density at radius 2 is 1.71 bits per heavy atom. The highest BCUT2D eigenvalue weighted by Crippen LogP contribution is 2.48. The van der Waals surface area contributed by atoms with Crippen LogP contribution in [-0.4, -0.2) is 43.9 Å². The highest BCUT2D eigenvalue weighted by molar-refractivity contribution is 7.87. The van der Waals surface area contributed by atoms with Crippen molar-refractivity contribution in [3.63, 3.8) is 0 Å². The molecule has 0 aliphatic heterocycles. The molecule has 1 atom stereocenters. The van der Waals surface area contributed by atoms with Gasteiger partial charge in [0.05, 0.1) is 17.8 Å². The number of hydrogen-bond donors (Lipinski definition) is 4. The molecule has 13 heteroatoms. The number of nitrogens with one attached hydrogen (secondary N) is 3. The second-order valence-corrected chi connectivity index (χ2v) is 10.0. The van der Waals surface area contributed by atoms with E-state index in [0.717, 1.165) is 6.07 Å².